The first-order chi connectivity index (χ1) is 8.74. The van der Waals surface area contributed by atoms with Crippen LogP contribution in [0.5, 0.6) is 0 Å². The Morgan fingerprint density at radius 3 is 2.50 bits per heavy atom. The number of hydrogen-bond acceptors (Lipinski definition) is 3. The van der Waals surface area contributed by atoms with E-state index in [9.17, 15) is 0 Å². The van der Waals surface area contributed by atoms with Gasteiger partial charge in [-0.15, -0.1) is 5.10 Å². The lowest BCUT2D eigenvalue weighted by Crippen LogP contribution is -2.17. The number of aryl methyl sites for hydroxylation is 2. The van der Waals surface area contributed by atoms with Gasteiger partial charge in [0.05, 0.1) is 5.69 Å². The monoisotopic (exact) mass is 241 g/mol. The number of benzene rings is 1. The molecule has 94 valence electrons. The highest BCUT2D eigenvalue weighted by atomic mass is 15.2. The maximum atomic E-state index is 4.11. The molecule has 0 bridgehead atoms. The van der Waals surface area contributed by atoms with E-state index in [1.807, 2.05) is 25.1 Å². The van der Waals surface area contributed by atoms with Gasteiger partial charge < -0.3 is 5.32 Å². The number of nitrogens with one attached hydrogen (secondary N) is 1. The van der Waals surface area contributed by atoms with Gasteiger partial charge in [0, 0.05) is 6.04 Å². The molecule has 0 saturated heterocycles. The van der Waals surface area contributed by atoms with Gasteiger partial charge in [0.15, 0.2) is 0 Å². The molecule has 1 unspecified atom stereocenters. The van der Waals surface area contributed by atoms with Crippen LogP contribution in [0.25, 0.3) is 0 Å². The van der Waals surface area contributed by atoms with Gasteiger partial charge in [-0.25, -0.2) is 0 Å². The topological polar surface area (TPSA) is 37.8 Å². The average Bonchev–Trinajstić information content (AvgIpc) is 2.40. The molecular weight excluding hydrogens is 222 g/mol. The average molecular weight is 241 g/mol. The SMILES string of the molecule is Cc1ccc(NC(C)CCc2ccccc2)nn1. The molecule has 0 fully saturated rings. The van der Waals surface area contributed by atoms with E-state index in [1.165, 1.54) is 5.56 Å². The molecule has 0 spiro atoms. The van der Waals surface area contributed by atoms with Gasteiger partial charge in [0.25, 0.3) is 0 Å². The summed E-state index contributed by atoms with van der Waals surface area (Å²) in [7, 11) is 0. The van der Waals surface area contributed by atoms with Crippen LogP contribution in [0.1, 0.15) is 24.6 Å². The summed E-state index contributed by atoms with van der Waals surface area (Å²) in [5.74, 6) is 0.848. The highest BCUT2D eigenvalue weighted by Gasteiger charge is 2.03. The first kappa shape index (κ1) is 12.6. The third kappa shape index (κ3) is 3.84. The van der Waals surface area contributed by atoms with E-state index in [0.717, 1.165) is 24.4 Å². The number of nitrogens with zero attached hydrogens (tertiary/aromatic N) is 2. The Bertz CT molecular complexity index is 465. The number of rotatable bonds is 5. The van der Waals surface area contributed by atoms with Crippen LogP contribution in [0.15, 0.2) is 42.5 Å². The zero-order valence-corrected chi connectivity index (χ0v) is 10.9. The van der Waals surface area contributed by atoms with Crippen molar-refractivity contribution >= 4 is 5.82 Å². The van der Waals surface area contributed by atoms with Crippen LogP contribution >= 0.6 is 0 Å². The molecule has 0 aliphatic rings. The Kier molecular flexibility index (Phi) is 4.29. The van der Waals surface area contributed by atoms with E-state index in [2.05, 4.69) is 46.7 Å². The molecule has 3 nitrogen and oxygen atoms in total. The third-order valence-corrected chi connectivity index (χ3v) is 2.90. The molecule has 1 aromatic carbocycles. The lowest BCUT2D eigenvalue weighted by atomic mass is 10.1. The Morgan fingerprint density at radius 2 is 1.83 bits per heavy atom. The van der Waals surface area contributed by atoms with E-state index in [0.29, 0.717) is 6.04 Å². The van der Waals surface area contributed by atoms with Crippen molar-refractivity contribution in [3.63, 3.8) is 0 Å². The van der Waals surface area contributed by atoms with Crippen molar-refractivity contribution in [2.75, 3.05) is 5.32 Å². The fraction of sp³-hybridized carbons (Fsp3) is 0.333. The third-order valence-electron chi connectivity index (χ3n) is 2.90. The Balaban J connectivity index is 1.82. The Labute approximate surface area is 108 Å². The largest absolute Gasteiger partial charge is 0.366 e. The van der Waals surface area contributed by atoms with Gasteiger partial charge in [-0.05, 0) is 44.4 Å². The first-order valence-electron chi connectivity index (χ1n) is 6.35. The molecule has 0 saturated carbocycles. The number of aromatic nitrogens is 2. The molecule has 1 N–H and O–H groups in total. The second-order valence-corrected chi connectivity index (χ2v) is 4.63. The van der Waals surface area contributed by atoms with Crippen molar-refractivity contribution in [2.24, 2.45) is 0 Å². The molecule has 0 aliphatic heterocycles. The number of anilines is 1. The van der Waals surface area contributed by atoms with Crippen molar-refractivity contribution in [1.29, 1.82) is 0 Å². The van der Waals surface area contributed by atoms with Crippen molar-refractivity contribution in [2.45, 2.75) is 32.7 Å². The van der Waals surface area contributed by atoms with Crippen LogP contribution in [0.2, 0.25) is 0 Å². The van der Waals surface area contributed by atoms with Gasteiger partial charge in [0.1, 0.15) is 5.82 Å². The second-order valence-electron chi connectivity index (χ2n) is 4.63. The van der Waals surface area contributed by atoms with E-state index in [-0.39, 0.29) is 0 Å². The fourth-order valence-electron chi connectivity index (χ4n) is 1.83. The van der Waals surface area contributed by atoms with Gasteiger partial charge in [-0.2, -0.15) is 5.10 Å². The highest BCUT2D eigenvalue weighted by molar-refractivity contribution is 5.33. The molecule has 1 heterocycles. The molecule has 2 aromatic rings. The minimum Gasteiger partial charge on any atom is -0.366 e. The summed E-state index contributed by atoms with van der Waals surface area (Å²) >= 11 is 0. The lowest BCUT2D eigenvalue weighted by Gasteiger charge is -2.13. The molecule has 18 heavy (non-hydrogen) atoms. The zero-order valence-electron chi connectivity index (χ0n) is 10.9. The van der Waals surface area contributed by atoms with Gasteiger partial charge >= 0.3 is 0 Å². The zero-order chi connectivity index (χ0) is 12.8. The second kappa shape index (κ2) is 6.15. The van der Waals surface area contributed by atoms with Gasteiger partial charge in [-0.3, -0.25) is 0 Å². The Hall–Kier alpha value is -1.90. The molecule has 1 aromatic heterocycles. The standard InChI is InChI=1S/C15H19N3/c1-12(8-10-14-6-4-3-5-7-14)16-15-11-9-13(2)17-18-15/h3-7,9,11-12H,8,10H2,1-2H3,(H,16,18). The van der Waals surface area contributed by atoms with E-state index >= 15 is 0 Å². The maximum Gasteiger partial charge on any atom is 0.148 e. The Morgan fingerprint density at radius 1 is 1.06 bits per heavy atom. The van der Waals surface area contributed by atoms with Crippen molar-refractivity contribution in [3.8, 4) is 0 Å². The molecule has 0 amide bonds. The summed E-state index contributed by atoms with van der Waals surface area (Å²) in [4.78, 5) is 0. The highest BCUT2D eigenvalue weighted by Crippen LogP contribution is 2.09. The summed E-state index contributed by atoms with van der Waals surface area (Å²) in [5, 5.41) is 11.5. The number of hydrogen-bond donors (Lipinski definition) is 1. The van der Waals surface area contributed by atoms with Crippen molar-refractivity contribution < 1.29 is 0 Å². The molecule has 3 heteroatoms. The minimum absolute atomic E-state index is 0.391. The summed E-state index contributed by atoms with van der Waals surface area (Å²) in [6.07, 6.45) is 2.16. The summed E-state index contributed by atoms with van der Waals surface area (Å²) in [6, 6.07) is 14.9. The van der Waals surface area contributed by atoms with Crippen molar-refractivity contribution in [3.05, 3.63) is 53.7 Å². The van der Waals surface area contributed by atoms with Crippen LogP contribution in [-0.2, 0) is 6.42 Å². The van der Waals surface area contributed by atoms with E-state index in [1.54, 1.807) is 0 Å². The first-order valence-corrected chi connectivity index (χ1v) is 6.35. The normalized spacial score (nSPS) is 12.1. The predicted molar refractivity (Wildman–Crippen MR) is 74.6 cm³/mol. The van der Waals surface area contributed by atoms with Crippen molar-refractivity contribution in [1.82, 2.24) is 10.2 Å². The summed E-state index contributed by atoms with van der Waals surface area (Å²) < 4.78 is 0. The quantitative estimate of drug-likeness (QED) is 0.873. The van der Waals surface area contributed by atoms with E-state index in [4.69, 9.17) is 0 Å². The van der Waals surface area contributed by atoms with E-state index < -0.39 is 0 Å². The summed E-state index contributed by atoms with van der Waals surface area (Å²) in [6.45, 7) is 4.11. The summed E-state index contributed by atoms with van der Waals surface area (Å²) in [5.41, 5.74) is 2.32. The maximum absolute atomic E-state index is 4.11. The molecule has 0 radical (unpaired) electrons. The fourth-order valence-corrected chi connectivity index (χ4v) is 1.83. The smallest absolute Gasteiger partial charge is 0.148 e. The molecule has 0 aliphatic carbocycles. The van der Waals surface area contributed by atoms with Gasteiger partial charge in [0.2, 0.25) is 0 Å². The molecule has 2 rings (SSSR count). The van der Waals surface area contributed by atoms with Crippen LogP contribution in [0, 0.1) is 6.92 Å². The predicted octanol–water partition coefficient (Wildman–Crippen LogP) is 3.22. The van der Waals surface area contributed by atoms with Crippen LogP contribution < -0.4 is 5.32 Å². The minimum atomic E-state index is 0.391. The van der Waals surface area contributed by atoms with Gasteiger partial charge in [-0.1, -0.05) is 30.3 Å². The van der Waals surface area contributed by atoms with Crippen LogP contribution in [0.4, 0.5) is 5.82 Å². The molecule has 1 atom stereocenters. The lowest BCUT2D eigenvalue weighted by molar-refractivity contribution is 0.700. The molecular formula is C15H19N3. The van der Waals surface area contributed by atoms with Crippen LogP contribution in [-0.4, -0.2) is 16.2 Å². The van der Waals surface area contributed by atoms with Crippen LogP contribution in [0.3, 0.4) is 0 Å².